The quantitative estimate of drug-likeness (QED) is 0.184. The van der Waals surface area contributed by atoms with Crippen molar-refractivity contribution in [3.8, 4) is 56.0 Å². The molecule has 45 heavy (non-hydrogen) atoms. The van der Waals surface area contributed by atoms with E-state index in [2.05, 4.69) is 0 Å². The van der Waals surface area contributed by atoms with Crippen LogP contribution < -0.4 is 4.74 Å². The van der Waals surface area contributed by atoms with Gasteiger partial charge in [0.05, 0.1) is 35.6 Å². The standard InChI is InChI=1S/C44H26O/c1-2-7-27(8-3-1)33-23-34(32-19-21-37-38-13-5-11-28-12-6-14-40(43(28)38)45-41(37)26-32)25-35(24-33)36-20-17-31-16-15-29-9-4-10-30-18-22-39(36)44(31)42(29)30/h1-26H/i1D,2D,3D,4D,5D,6D,7D,8D,9D,10D,11D,12D,13D,14D,15D,16D,17D,18D,19D,20D,21D,22D,23D,24D,25D,26D. The third-order valence-corrected chi connectivity index (χ3v) is 7.51. The van der Waals surface area contributed by atoms with E-state index in [-0.39, 0.29) is 16.2 Å². The number of ether oxygens (including phenoxy) is 1. The molecular formula is C44H26O. The molecule has 0 atom stereocenters. The normalized spacial score (nSPS) is 20.3. The maximum absolute atomic E-state index is 9.91. The van der Waals surface area contributed by atoms with Crippen molar-refractivity contribution >= 4 is 43.1 Å². The molecule has 208 valence electrons. The minimum absolute atomic E-state index is 0.313. The smallest absolute Gasteiger partial charge is 0.135 e. The molecule has 0 bridgehead atoms. The van der Waals surface area contributed by atoms with Gasteiger partial charge in [-0.2, -0.15) is 0 Å². The summed E-state index contributed by atoms with van der Waals surface area (Å²) in [4.78, 5) is 0. The zero-order valence-electron chi connectivity index (χ0n) is 48.4. The van der Waals surface area contributed by atoms with Gasteiger partial charge in [-0.3, -0.25) is 0 Å². The van der Waals surface area contributed by atoms with E-state index in [0.29, 0.717) is 0 Å². The monoisotopic (exact) mass is 596 g/mol. The lowest BCUT2D eigenvalue weighted by molar-refractivity contribution is 0.487. The first-order chi connectivity index (χ1) is 33.2. The summed E-state index contributed by atoms with van der Waals surface area (Å²) < 4.78 is 240. The number of rotatable bonds is 3. The van der Waals surface area contributed by atoms with E-state index in [9.17, 15) is 12.3 Å². The Morgan fingerprint density at radius 2 is 0.956 bits per heavy atom. The van der Waals surface area contributed by atoms with E-state index in [4.69, 9.17) is 28.0 Å². The topological polar surface area (TPSA) is 9.23 Å². The van der Waals surface area contributed by atoms with Crippen LogP contribution in [0.25, 0.3) is 87.6 Å². The van der Waals surface area contributed by atoms with E-state index in [0.717, 1.165) is 0 Å². The molecule has 9 aromatic carbocycles. The molecule has 9 aromatic rings. The number of fused-ring (bicyclic) bond motifs is 2. The summed E-state index contributed by atoms with van der Waals surface area (Å²) in [6, 6.07) is -22.6. The van der Waals surface area contributed by atoms with E-state index in [1.54, 1.807) is 0 Å². The first kappa shape index (κ1) is 10.3. The molecule has 0 amide bonds. The van der Waals surface area contributed by atoms with Gasteiger partial charge < -0.3 is 4.74 Å². The van der Waals surface area contributed by atoms with Gasteiger partial charge in [-0.1, -0.05) is 121 Å². The van der Waals surface area contributed by atoms with Crippen molar-refractivity contribution in [1.29, 1.82) is 0 Å². The minimum Gasteiger partial charge on any atom is -0.456 e. The summed E-state index contributed by atoms with van der Waals surface area (Å²) in [5.74, 6) is -1.32. The van der Waals surface area contributed by atoms with E-state index < -0.39 is 240 Å². The lowest BCUT2D eigenvalue weighted by atomic mass is 9.87. The fourth-order valence-corrected chi connectivity index (χ4v) is 5.54. The molecule has 1 heteroatoms. The fraction of sp³-hybridized carbons (Fsp3) is 0. The summed E-state index contributed by atoms with van der Waals surface area (Å²) >= 11 is 0. The van der Waals surface area contributed by atoms with Crippen LogP contribution in [0.5, 0.6) is 11.5 Å². The van der Waals surface area contributed by atoms with Crippen LogP contribution >= 0.6 is 0 Å². The van der Waals surface area contributed by atoms with Gasteiger partial charge in [-0.05, 0) is 113 Å². The SMILES string of the molecule is [2H]c1c([2H])c([2H])c(-c2c([2H])c(-c3c([2H])c([2H])c4c(c3[2H])Oc3c([2H])c([2H])c([2H])c5c([2H])c([2H])c([2H])c-4c35)c([2H])c(-c3c([2H])c([2H])c4c([2H])c([2H])c5c([2H])c([2H])c([2H])c6c([2H])c([2H])c3c4c56)c2[2H])c([2H])c1[2H]. The highest BCUT2D eigenvalue weighted by molar-refractivity contribution is 6.25. The largest absolute Gasteiger partial charge is 0.456 e. The Kier molecular flexibility index (Phi) is 2.13. The number of hydrogen-bond acceptors (Lipinski definition) is 1. The molecule has 0 radical (unpaired) electrons. The average Bonchev–Trinajstić information content (AvgIpc) is 3.33. The van der Waals surface area contributed by atoms with Crippen molar-refractivity contribution in [3.63, 3.8) is 0 Å². The van der Waals surface area contributed by atoms with Crippen LogP contribution in [0.15, 0.2) is 157 Å². The van der Waals surface area contributed by atoms with Gasteiger partial charge in [0.1, 0.15) is 11.5 Å². The van der Waals surface area contributed by atoms with Crippen LogP contribution in [-0.2, 0) is 0 Å². The number of hydrogen-bond donors (Lipinski definition) is 0. The van der Waals surface area contributed by atoms with Crippen molar-refractivity contribution < 1.29 is 40.4 Å². The van der Waals surface area contributed by atoms with Gasteiger partial charge in [-0.15, -0.1) is 0 Å². The van der Waals surface area contributed by atoms with Crippen molar-refractivity contribution in [2.75, 3.05) is 0 Å². The lowest BCUT2D eigenvalue weighted by Gasteiger charge is -2.22. The lowest BCUT2D eigenvalue weighted by Crippen LogP contribution is -1.97. The molecular weight excluding hydrogens is 544 g/mol. The Balaban J connectivity index is 1.45. The summed E-state index contributed by atoms with van der Waals surface area (Å²) in [5, 5.41) is -3.34. The fourth-order valence-electron chi connectivity index (χ4n) is 5.54. The van der Waals surface area contributed by atoms with Gasteiger partial charge in [0, 0.05) is 10.9 Å². The highest BCUT2D eigenvalue weighted by Crippen LogP contribution is 2.48. The highest BCUT2D eigenvalue weighted by atomic mass is 16.5. The average molecular weight is 597 g/mol. The van der Waals surface area contributed by atoms with Gasteiger partial charge in [-0.25, -0.2) is 0 Å². The van der Waals surface area contributed by atoms with E-state index in [1.165, 1.54) is 0 Å². The first-order valence-corrected chi connectivity index (χ1v) is 13.4. The molecule has 1 aliphatic heterocycles. The van der Waals surface area contributed by atoms with Crippen molar-refractivity contribution in [2.24, 2.45) is 0 Å². The zero-order valence-corrected chi connectivity index (χ0v) is 22.4. The Bertz CT molecular complexity index is 4030. The van der Waals surface area contributed by atoms with E-state index in [1.807, 2.05) is 0 Å². The summed E-state index contributed by atoms with van der Waals surface area (Å²) in [5.41, 5.74) is -6.08. The Hall–Kier alpha value is -5.92. The van der Waals surface area contributed by atoms with Gasteiger partial charge in [0.25, 0.3) is 0 Å². The molecule has 1 heterocycles. The highest BCUT2D eigenvalue weighted by Gasteiger charge is 2.21. The van der Waals surface area contributed by atoms with Crippen LogP contribution in [-0.4, -0.2) is 0 Å². The van der Waals surface area contributed by atoms with Crippen LogP contribution in [0, 0.1) is 0 Å². The molecule has 0 N–H and O–H groups in total. The Labute approximate surface area is 297 Å². The molecule has 0 unspecified atom stereocenters. The molecule has 10 rings (SSSR count). The maximum Gasteiger partial charge on any atom is 0.135 e. The summed E-state index contributed by atoms with van der Waals surface area (Å²) in [6.45, 7) is 0. The maximum atomic E-state index is 9.91. The number of benzene rings is 9. The molecule has 0 aromatic heterocycles. The van der Waals surface area contributed by atoms with Crippen LogP contribution in [0.3, 0.4) is 0 Å². The second-order valence-corrected chi connectivity index (χ2v) is 10.0. The zero-order chi connectivity index (χ0) is 52.1. The van der Waals surface area contributed by atoms with Gasteiger partial charge >= 0.3 is 0 Å². The van der Waals surface area contributed by atoms with Crippen molar-refractivity contribution in [1.82, 2.24) is 0 Å². The minimum atomic E-state index is -1.07. The Morgan fingerprint density at radius 3 is 1.78 bits per heavy atom. The predicted molar refractivity (Wildman–Crippen MR) is 189 cm³/mol. The van der Waals surface area contributed by atoms with E-state index >= 15 is 0 Å². The summed E-state index contributed by atoms with van der Waals surface area (Å²) in [6.07, 6.45) is 0. The molecule has 0 saturated heterocycles. The second kappa shape index (κ2) is 9.29. The molecule has 0 saturated carbocycles. The third-order valence-electron chi connectivity index (χ3n) is 7.51. The van der Waals surface area contributed by atoms with Crippen molar-refractivity contribution in [2.45, 2.75) is 0 Å². The molecule has 0 spiro atoms. The molecule has 1 aliphatic rings. The van der Waals surface area contributed by atoms with Crippen LogP contribution in [0.4, 0.5) is 0 Å². The second-order valence-electron chi connectivity index (χ2n) is 10.0. The molecule has 0 aliphatic carbocycles. The van der Waals surface area contributed by atoms with Gasteiger partial charge in [0.2, 0.25) is 0 Å². The Morgan fingerprint density at radius 1 is 0.333 bits per heavy atom. The van der Waals surface area contributed by atoms with Gasteiger partial charge in [0.15, 0.2) is 0 Å². The third kappa shape index (κ3) is 3.68. The van der Waals surface area contributed by atoms with Crippen molar-refractivity contribution in [3.05, 3.63) is 157 Å². The molecule has 0 fully saturated rings. The first-order valence-electron chi connectivity index (χ1n) is 26.4. The molecule has 1 nitrogen and oxygen atoms in total. The van der Waals surface area contributed by atoms with Crippen LogP contribution in [0.1, 0.15) is 35.6 Å². The predicted octanol–water partition coefficient (Wildman–Crippen LogP) is 12.5. The summed E-state index contributed by atoms with van der Waals surface area (Å²) in [7, 11) is 0. The van der Waals surface area contributed by atoms with Crippen LogP contribution in [0.2, 0.25) is 0 Å².